The second-order valence-corrected chi connectivity index (χ2v) is 6.36. The Morgan fingerprint density at radius 3 is 2.92 bits per heavy atom. The zero-order valence-electron chi connectivity index (χ0n) is 13.8. The fraction of sp³-hybridized carbons (Fsp3) is 0.353. The second-order valence-electron chi connectivity index (χ2n) is 5.96. The molecule has 0 saturated heterocycles. The summed E-state index contributed by atoms with van der Waals surface area (Å²) in [6, 6.07) is 9.21. The molecule has 1 aromatic heterocycles. The summed E-state index contributed by atoms with van der Waals surface area (Å²) in [6.07, 6.45) is 0.349. The predicted octanol–water partition coefficient (Wildman–Crippen LogP) is 3.39. The molecule has 1 amide bonds. The van der Waals surface area contributed by atoms with Crippen LogP contribution in [0.25, 0.3) is 0 Å². The first-order chi connectivity index (χ1) is 11.4. The second kappa shape index (κ2) is 6.28. The maximum absolute atomic E-state index is 12.7. The smallest absolute Gasteiger partial charge is 0.272 e. The third kappa shape index (κ3) is 3.01. The lowest BCUT2D eigenvalue weighted by atomic mass is 9.95. The van der Waals surface area contributed by atoms with E-state index in [4.69, 9.17) is 16.4 Å². The third-order valence-electron chi connectivity index (χ3n) is 3.97. The summed E-state index contributed by atoms with van der Waals surface area (Å²) >= 11 is 6.20. The van der Waals surface area contributed by atoms with Gasteiger partial charge in [-0.15, -0.1) is 0 Å². The molecule has 0 spiro atoms. The van der Waals surface area contributed by atoms with E-state index >= 15 is 0 Å². The van der Waals surface area contributed by atoms with E-state index in [1.165, 1.54) is 0 Å². The van der Waals surface area contributed by atoms with Gasteiger partial charge in [-0.1, -0.05) is 35.0 Å². The zero-order valence-corrected chi connectivity index (χ0v) is 14.6. The van der Waals surface area contributed by atoms with Crippen molar-refractivity contribution < 1.29 is 9.63 Å². The number of hydrogen-bond donors (Lipinski definition) is 1. The first kappa shape index (κ1) is 16.5. The van der Waals surface area contributed by atoms with Crippen LogP contribution in [-0.4, -0.2) is 27.0 Å². The summed E-state index contributed by atoms with van der Waals surface area (Å²) in [6.45, 7) is 6.24. The van der Waals surface area contributed by atoms with E-state index < -0.39 is 5.60 Å². The van der Waals surface area contributed by atoms with Crippen LogP contribution in [0.4, 0.5) is 5.82 Å². The van der Waals surface area contributed by atoms with Crippen LogP contribution in [0.1, 0.15) is 31.5 Å². The Morgan fingerprint density at radius 1 is 1.46 bits per heavy atom. The van der Waals surface area contributed by atoms with Crippen molar-refractivity contribution in [2.24, 2.45) is 5.16 Å². The van der Waals surface area contributed by atoms with Crippen LogP contribution >= 0.6 is 11.6 Å². The lowest BCUT2D eigenvalue weighted by molar-refractivity contribution is -0.136. The highest BCUT2D eigenvalue weighted by Crippen LogP contribution is 2.30. The summed E-state index contributed by atoms with van der Waals surface area (Å²) in [5, 5.41) is 11.9. The summed E-state index contributed by atoms with van der Waals surface area (Å²) in [5.74, 6) is 0.388. The summed E-state index contributed by atoms with van der Waals surface area (Å²) in [7, 11) is 0. The summed E-state index contributed by atoms with van der Waals surface area (Å²) in [4.78, 5) is 18.2. The van der Waals surface area contributed by atoms with E-state index in [1.54, 1.807) is 17.7 Å². The van der Waals surface area contributed by atoms with Gasteiger partial charge in [0.05, 0.1) is 11.4 Å². The van der Waals surface area contributed by atoms with Crippen molar-refractivity contribution >= 4 is 29.0 Å². The Labute approximate surface area is 145 Å². The minimum Gasteiger partial charge on any atom is -0.379 e. The van der Waals surface area contributed by atoms with Gasteiger partial charge in [-0.3, -0.25) is 4.79 Å². The molecule has 0 fully saturated rings. The number of carbonyl (C=O) groups is 1. The van der Waals surface area contributed by atoms with Crippen LogP contribution in [0.15, 0.2) is 35.5 Å². The van der Waals surface area contributed by atoms with E-state index in [1.807, 2.05) is 38.1 Å². The van der Waals surface area contributed by atoms with E-state index in [-0.39, 0.29) is 5.91 Å². The van der Waals surface area contributed by atoms with Gasteiger partial charge in [0.15, 0.2) is 0 Å². The van der Waals surface area contributed by atoms with Crippen molar-refractivity contribution in [1.29, 1.82) is 0 Å². The fourth-order valence-electron chi connectivity index (χ4n) is 2.64. The maximum atomic E-state index is 12.7. The van der Waals surface area contributed by atoms with Gasteiger partial charge in [-0.25, -0.2) is 4.68 Å². The Bertz CT molecular complexity index is 815. The number of anilines is 1. The highest BCUT2D eigenvalue weighted by atomic mass is 35.5. The number of carbonyl (C=O) groups excluding carboxylic acids is 1. The Morgan fingerprint density at radius 2 is 2.21 bits per heavy atom. The van der Waals surface area contributed by atoms with Gasteiger partial charge in [0.25, 0.3) is 5.91 Å². The highest BCUT2D eigenvalue weighted by Gasteiger charge is 2.43. The number of oxime groups is 1. The van der Waals surface area contributed by atoms with E-state index in [2.05, 4.69) is 15.6 Å². The fourth-order valence-corrected chi connectivity index (χ4v) is 2.88. The molecule has 0 unspecified atom stereocenters. The van der Waals surface area contributed by atoms with Crippen LogP contribution in [-0.2, 0) is 16.2 Å². The van der Waals surface area contributed by atoms with Crippen molar-refractivity contribution in [3.8, 4) is 0 Å². The number of rotatable bonds is 4. The molecule has 0 saturated carbocycles. The van der Waals surface area contributed by atoms with Crippen molar-refractivity contribution in [3.63, 3.8) is 0 Å². The average Bonchev–Trinajstić information content (AvgIpc) is 3.11. The maximum Gasteiger partial charge on any atom is 0.272 e. The largest absolute Gasteiger partial charge is 0.379 e. The minimum absolute atomic E-state index is 0.261. The molecule has 2 aromatic rings. The molecule has 6 nitrogen and oxygen atoms in total. The first-order valence-electron chi connectivity index (χ1n) is 7.79. The summed E-state index contributed by atoms with van der Waals surface area (Å²) in [5.41, 5.74) is 1.21. The minimum atomic E-state index is -1.08. The number of aryl methyl sites for hydroxylation is 2. The molecule has 1 aromatic carbocycles. The van der Waals surface area contributed by atoms with Crippen molar-refractivity contribution in [3.05, 3.63) is 46.6 Å². The molecule has 7 heteroatoms. The molecule has 1 atom stereocenters. The Balaban J connectivity index is 1.76. The molecular weight excluding hydrogens is 328 g/mol. The normalized spacial score (nSPS) is 19.8. The zero-order chi connectivity index (χ0) is 17.3. The average molecular weight is 347 g/mol. The number of nitrogens with one attached hydrogen (secondary N) is 1. The lowest BCUT2D eigenvalue weighted by Gasteiger charge is -2.20. The van der Waals surface area contributed by atoms with Gasteiger partial charge in [0, 0.05) is 29.6 Å². The number of nitrogens with zero attached hydrogens (tertiary/aromatic N) is 3. The molecule has 1 aliphatic heterocycles. The van der Waals surface area contributed by atoms with Crippen LogP contribution < -0.4 is 5.32 Å². The SMILES string of the molecule is CCn1nc(C)cc1NC(=O)[C@]1(C)CC(c2ccccc2Cl)=NO1. The lowest BCUT2D eigenvalue weighted by Crippen LogP contribution is -2.40. The molecule has 126 valence electrons. The molecular formula is C17H19ClN4O2. The highest BCUT2D eigenvalue weighted by molar-refractivity contribution is 6.34. The van der Waals surface area contributed by atoms with Crippen LogP contribution in [0.3, 0.4) is 0 Å². The standard InChI is InChI=1S/C17H19ClN4O2/c1-4-22-15(9-11(2)20-22)19-16(23)17(3)10-14(21-24-17)12-7-5-6-8-13(12)18/h5-9H,4,10H2,1-3H3,(H,19,23)/t17-/m0/s1. The molecule has 24 heavy (non-hydrogen) atoms. The van der Waals surface area contributed by atoms with Gasteiger partial charge in [-0.05, 0) is 26.8 Å². The van der Waals surface area contributed by atoms with Gasteiger partial charge in [0.2, 0.25) is 5.60 Å². The third-order valence-corrected chi connectivity index (χ3v) is 4.30. The number of amides is 1. The van der Waals surface area contributed by atoms with Crippen molar-refractivity contribution in [2.75, 3.05) is 5.32 Å². The van der Waals surface area contributed by atoms with E-state index in [0.717, 1.165) is 11.3 Å². The molecule has 3 rings (SSSR count). The number of hydrogen-bond acceptors (Lipinski definition) is 4. The van der Waals surface area contributed by atoms with Gasteiger partial charge in [0.1, 0.15) is 5.82 Å². The number of halogens is 1. The topological polar surface area (TPSA) is 68.5 Å². The monoisotopic (exact) mass is 346 g/mol. The quantitative estimate of drug-likeness (QED) is 0.922. The number of benzene rings is 1. The number of aromatic nitrogens is 2. The molecule has 1 aliphatic rings. The molecule has 1 N–H and O–H groups in total. The predicted molar refractivity (Wildman–Crippen MR) is 93.4 cm³/mol. The Hall–Kier alpha value is -2.34. The van der Waals surface area contributed by atoms with E-state index in [9.17, 15) is 4.79 Å². The summed E-state index contributed by atoms with van der Waals surface area (Å²) < 4.78 is 1.74. The van der Waals surface area contributed by atoms with Gasteiger partial charge >= 0.3 is 0 Å². The van der Waals surface area contributed by atoms with E-state index in [0.29, 0.717) is 29.5 Å². The molecule has 0 bridgehead atoms. The van der Waals surface area contributed by atoms with Crippen LogP contribution in [0.2, 0.25) is 5.02 Å². The van der Waals surface area contributed by atoms with Crippen molar-refractivity contribution in [1.82, 2.24) is 9.78 Å². The van der Waals surface area contributed by atoms with Crippen molar-refractivity contribution in [2.45, 2.75) is 39.3 Å². The first-order valence-corrected chi connectivity index (χ1v) is 8.16. The van der Waals surface area contributed by atoms with Gasteiger partial charge in [-0.2, -0.15) is 5.10 Å². The van der Waals surface area contributed by atoms with Crippen LogP contribution in [0.5, 0.6) is 0 Å². The van der Waals surface area contributed by atoms with Gasteiger partial charge < -0.3 is 10.2 Å². The molecule has 2 heterocycles. The Kier molecular flexibility index (Phi) is 4.32. The van der Waals surface area contributed by atoms with Crippen LogP contribution in [0, 0.1) is 6.92 Å². The molecule has 0 aliphatic carbocycles. The molecule has 0 radical (unpaired) electrons.